The number of alkyl halides is 3. The van der Waals surface area contributed by atoms with Gasteiger partial charge in [0.15, 0.2) is 0 Å². The Morgan fingerprint density at radius 3 is 2.64 bits per heavy atom. The highest BCUT2D eigenvalue weighted by atomic mass is 19.4. The zero-order chi connectivity index (χ0) is 16.3. The normalized spacial score (nSPS) is 11.5. The van der Waals surface area contributed by atoms with E-state index in [0.717, 1.165) is 0 Å². The van der Waals surface area contributed by atoms with Crippen LogP contribution < -0.4 is 5.32 Å². The lowest BCUT2D eigenvalue weighted by Crippen LogP contribution is -2.26. The van der Waals surface area contributed by atoms with Gasteiger partial charge in [-0.05, 0) is 19.4 Å². The molecule has 2 rings (SSSR count). The second-order valence-corrected chi connectivity index (χ2v) is 4.59. The third-order valence-electron chi connectivity index (χ3n) is 2.91. The maximum Gasteiger partial charge on any atom is 0.490 e. The van der Waals surface area contributed by atoms with Crippen molar-refractivity contribution in [1.29, 1.82) is 0 Å². The van der Waals surface area contributed by atoms with Crippen molar-refractivity contribution in [3.63, 3.8) is 0 Å². The number of carbonyl (C=O) groups is 1. The topological polar surface area (TPSA) is 72.7 Å². The fourth-order valence-corrected chi connectivity index (χ4v) is 2.10. The highest BCUT2D eigenvalue weighted by Crippen LogP contribution is 2.29. The number of anilines is 1. The Labute approximate surface area is 124 Å². The van der Waals surface area contributed by atoms with Crippen molar-refractivity contribution >= 4 is 11.6 Å². The summed E-state index contributed by atoms with van der Waals surface area (Å²) in [6.07, 6.45) is -1.29. The van der Waals surface area contributed by atoms with Crippen LogP contribution in [-0.4, -0.2) is 25.7 Å². The number of nitrogens with zero attached hydrogens (tertiary/aromatic N) is 4. The summed E-state index contributed by atoms with van der Waals surface area (Å²) in [5.41, 5.74) is -0.115. The molecule has 0 saturated heterocycles. The van der Waals surface area contributed by atoms with Crippen molar-refractivity contribution in [2.24, 2.45) is 0 Å². The van der Waals surface area contributed by atoms with Gasteiger partial charge in [-0.15, -0.1) is 13.2 Å². The van der Waals surface area contributed by atoms with Crippen LogP contribution in [0.25, 0.3) is 0 Å². The molecule has 0 aliphatic rings. The van der Waals surface area contributed by atoms with Crippen molar-refractivity contribution < 1.29 is 18.0 Å². The first-order chi connectivity index (χ1) is 10.3. The molecule has 2 aromatic heterocycles. The lowest BCUT2D eigenvalue weighted by Gasteiger charge is -2.14. The molecule has 0 aliphatic carbocycles. The van der Waals surface area contributed by atoms with E-state index in [4.69, 9.17) is 0 Å². The molecule has 1 N–H and O–H groups in total. The molecule has 2 heterocycles. The van der Waals surface area contributed by atoms with Gasteiger partial charge < -0.3 is 5.32 Å². The van der Waals surface area contributed by atoms with Gasteiger partial charge in [-0.1, -0.05) is 13.3 Å². The fraction of sp³-hybridized carbons (Fsp3) is 0.385. The number of carbonyl (C=O) groups excluding carboxylic acids is 1. The van der Waals surface area contributed by atoms with Gasteiger partial charge in [0.2, 0.25) is 0 Å². The number of hydrogen-bond donors (Lipinski definition) is 1. The number of aromatic nitrogens is 4. The van der Waals surface area contributed by atoms with Crippen molar-refractivity contribution in [2.45, 2.75) is 33.0 Å². The molecular weight excluding hydrogens is 299 g/mol. The van der Waals surface area contributed by atoms with E-state index in [9.17, 15) is 18.0 Å². The van der Waals surface area contributed by atoms with Crippen LogP contribution in [0, 0.1) is 6.92 Å². The molecule has 6 nitrogen and oxygen atoms in total. The summed E-state index contributed by atoms with van der Waals surface area (Å²) in [4.78, 5) is 16.2. The molecule has 0 spiro atoms. The molecule has 0 saturated carbocycles. The van der Waals surface area contributed by atoms with E-state index in [1.54, 1.807) is 6.92 Å². The Bertz CT molecular complexity index is 666. The van der Waals surface area contributed by atoms with Gasteiger partial charge in [0.1, 0.15) is 11.5 Å². The zero-order valence-electron chi connectivity index (χ0n) is 12.0. The second kappa shape index (κ2) is 6.12. The Balaban J connectivity index is 2.45. The van der Waals surface area contributed by atoms with Crippen LogP contribution in [0.5, 0.6) is 0 Å². The van der Waals surface area contributed by atoms with Crippen LogP contribution in [-0.2, 0) is 12.7 Å². The summed E-state index contributed by atoms with van der Waals surface area (Å²) in [5, 5.41) is 9.47. The SMILES string of the molecule is CCCc1nc(C)n(C(F)(F)F)c1C(=O)Nc1ccnnc1. The maximum atomic E-state index is 13.2. The van der Waals surface area contributed by atoms with Gasteiger partial charge in [-0.25, -0.2) is 9.55 Å². The summed E-state index contributed by atoms with van der Waals surface area (Å²) in [6, 6.07) is 1.44. The number of amides is 1. The maximum absolute atomic E-state index is 13.2. The minimum atomic E-state index is -4.72. The average molecular weight is 313 g/mol. The molecule has 0 aromatic carbocycles. The molecule has 0 bridgehead atoms. The minimum absolute atomic E-state index is 0.00193. The van der Waals surface area contributed by atoms with Gasteiger partial charge in [0.05, 0.1) is 23.8 Å². The lowest BCUT2D eigenvalue weighted by atomic mass is 10.2. The summed E-state index contributed by atoms with van der Waals surface area (Å²) in [7, 11) is 0. The van der Waals surface area contributed by atoms with Gasteiger partial charge in [-0.3, -0.25) is 4.79 Å². The predicted molar refractivity (Wildman–Crippen MR) is 72.2 cm³/mol. The number of imidazole rings is 1. The van der Waals surface area contributed by atoms with Gasteiger partial charge in [0.25, 0.3) is 5.91 Å². The van der Waals surface area contributed by atoms with E-state index in [1.165, 1.54) is 25.4 Å². The summed E-state index contributed by atoms with van der Waals surface area (Å²) >= 11 is 0. The third kappa shape index (κ3) is 3.23. The Kier molecular flexibility index (Phi) is 4.43. The summed E-state index contributed by atoms with van der Waals surface area (Å²) in [6.45, 7) is 3.02. The molecule has 0 aliphatic heterocycles. The number of aryl methyl sites for hydroxylation is 2. The molecule has 0 radical (unpaired) electrons. The summed E-state index contributed by atoms with van der Waals surface area (Å²) in [5.74, 6) is -1.15. The van der Waals surface area contributed by atoms with E-state index in [-0.39, 0.29) is 28.2 Å². The van der Waals surface area contributed by atoms with Crippen LogP contribution in [0.4, 0.5) is 18.9 Å². The van der Waals surface area contributed by atoms with Crippen molar-refractivity contribution in [3.8, 4) is 0 Å². The molecule has 0 fully saturated rings. The molecule has 2 aromatic rings. The monoisotopic (exact) mass is 313 g/mol. The van der Waals surface area contributed by atoms with E-state index < -0.39 is 17.9 Å². The van der Waals surface area contributed by atoms with E-state index >= 15 is 0 Å². The first-order valence-electron chi connectivity index (χ1n) is 6.58. The van der Waals surface area contributed by atoms with Crippen LogP contribution >= 0.6 is 0 Å². The Hall–Kier alpha value is -2.45. The molecule has 9 heteroatoms. The predicted octanol–water partition coefficient (Wildman–Crippen LogP) is 2.66. The molecule has 22 heavy (non-hydrogen) atoms. The van der Waals surface area contributed by atoms with Crippen molar-refractivity contribution in [1.82, 2.24) is 19.7 Å². The van der Waals surface area contributed by atoms with E-state index in [2.05, 4.69) is 20.5 Å². The molecule has 0 atom stereocenters. The van der Waals surface area contributed by atoms with Crippen LogP contribution in [0.1, 0.15) is 35.4 Å². The average Bonchev–Trinajstić information content (AvgIpc) is 2.77. The minimum Gasteiger partial charge on any atom is -0.319 e. The third-order valence-corrected chi connectivity index (χ3v) is 2.91. The first kappa shape index (κ1) is 15.9. The largest absolute Gasteiger partial charge is 0.490 e. The lowest BCUT2D eigenvalue weighted by molar-refractivity contribution is -0.205. The molecule has 1 amide bonds. The number of nitrogens with one attached hydrogen (secondary N) is 1. The highest BCUT2D eigenvalue weighted by Gasteiger charge is 2.38. The second-order valence-electron chi connectivity index (χ2n) is 4.59. The van der Waals surface area contributed by atoms with Crippen molar-refractivity contribution in [3.05, 3.63) is 35.7 Å². The van der Waals surface area contributed by atoms with Crippen LogP contribution in [0.3, 0.4) is 0 Å². The first-order valence-corrected chi connectivity index (χ1v) is 6.58. The highest BCUT2D eigenvalue weighted by molar-refractivity contribution is 6.04. The molecule has 0 unspecified atom stereocenters. The van der Waals surface area contributed by atoms with Crippen LogP contribution in [0.2, 0.25) is 0 Å². The number of halogens is 3. The zero-order valence-corrected chi connectivity index (χ0v) is 12.0. The van der Waals surface area contributed by atoms with E-state index in [0.29, 0.717) is 6.42 Å². The fourth-order valence-electron chi connectivity index (χ4n) is 2.10. The summed E-state index contributed by atoms with van der Waals surface area (Å²) < 4.78 is 39.5. The van der Waals surface area contributed by atoms with Gasteiger partial charge in [0, 0.05) is 0 Å². The molecule has 118 valence electrons. The number of rotatable bonds is 4. The van der Waals surface area contributed by atoms with Gasteiger partial charge in [-0.2, -0.15) is 10.2 Å². The number of hydrogen-bond acceptors (Lipinski definition) is 4. The van der Waals surface area contributed by atoms with Gasteiger partial charge >= 0.3 is 6.30 Å². The molecular formula is C13H14F3N5O. The quantitative estimate of drug-likeness (QED) is 0.942. The standard InChI is InChI=1S/C13H14F3N5O/c1-3-4-10-11(21(8(2)19-10)13(14,15)16)12(22)20-9-5-6-17-18-7-9/h5-7H,3-4H2,1-2H3,(H,17,20,22). The smallest absolute Gasteiger partial charge is 0.319 e. The van der Waals surface area contributed by atoms with Crippen molar-refractivity contribution in [2.75, 3.05) is 5.32 Å². The van der Waals surface area contributed by atoms with Crippen LogP contribution in [0.15, 0.2) is 18.5 Å². The van der Waals surface area contributed by atoms with E-state index in [1.807, 2.05) is 0 Å². The Morgan fingerprint density at radius 1 is 1.36 bits per heavy atom. The Morgan fingerprint density at radius 2 is 2.09 bits per heavy atom.